The van der Waals surface area contributed by atoms with Gasteiger partial charge in [-0.1, -0.05) is 6.92 Å². The molecule has 0 saturated carbocycles. The van der Waals surface area contributed by atoms with E-state index in [1.807, 2.05) is 25.1 Å². The van der Waals surface area contributed by atoms with Crippen LogP contribution in [0.2, 0.25) is 0 Å². The molecule has 0 aliphatic carbocycles. The molecule has 1 heterocycles. The van der Waals surface area contributed by atoms with Gasteiger partial charge in [0.25, 0.3) is 0 Å². The number of methoxy groups -OCH3 is 1. The molecule has 0 saturated heterocycles. The lowest BCUT2D eigenvalue weighted by Gasteiger charge is -2.05. The number of nitrogens with zero attached hydrogens (tertiary/aromatic N) is 2. The van der Waals surface area contributed by atoms with E-state index in [2.05, 4.69) is 9.97 Å². The van der Waals surface area contributed by atoms with Gasteiger partial charge in [-0.05, 0) is 12.1 Å². The maximum atomic E-state index is 5.83. The molecule has 0 amide bonds. The molecule has 0 aliphatic heterocycles. The summed E-state index contributed by atoms with van der Waals surface area (Å²) in [5.41, 5.74) is 6.66. The number of anilines is 1. The Balaban J connectivity index is 2.69. The second kappa shape index (κ2) is 3.73. The summed E-state index contributed by atoms with van der Waals surface area (Å²) in [7, 11) is 1.63. The second-order valence-corrected chi connectivity index (χ2v) is 3.26. The summed E-state index contributed by atoms with van der Waals surface area (Å²) in [6.07, 6.45) is 0.775. The van der Waals surface area contributed by atoms with E-state index in [4.69, 9.17) is 10.5 Å². The van der Waals surface area contributed by atoms with Crippen LogP contribution in [-0.2, 0) is 6.42 Å². The molecule has 15 heavy (non-hydrogen) atoms. The van der Waals surface area contributed by atoms with Crippen LogP contribution in [0.3, 0.4) is 0 Å². The van der Waals surface area contributed by atoms with E-state index in [1.54, 1.807) is 7.11 Å². The molecule has 78 valence electrons. The van der Waals surface area contributed by atoms with Crippen LogP contribution in [-0.4, -0.2) is 17.1 Å². The van der Waals surface area contributed by atoms with Crippen molar-refractivity contribution in [3.05, 3.63) is 24.0 Å². The first kappa shape index (κ1) is 9.71. The number of hydrogen-bond acceptors (Lipinski definition) is 4. The quantitative estimate of drug-likeness (QED) is 0.808. The smallest absolute Gasteiger partial charge is 0.135 e. The Labute approximate surface area is 88.1 Å². The predicted molar refractivity (Wildman–Crippen MR) is 59.9 cm³/mol. The number of ether oxygens (including phenoxy) is 1. The lowest BCUT2D eigenvalue weighted by Crippen LogP contribution is -2.00. The van der Waals surface area contributed by atoms with Gasteiger partial charge < -0.3 is 10.5 Å². The van der Waals surface area contributed by atoms with E-state index >= 15 is 0 Å². The van der Waals surface area contributed by atoms with E-state index in [-0.39, 0.29) is 0 Å². The highest BCUT2D eigenvalue weighted by Gasteiger charge is 2.04. The van der Waals surface area contributed by atoms with Crippen LogP contribution < -0.4 is 10.5 Å². The summed E-state index contributed by atoms with van der Waals surface area (Å²) in [4.78, 5) is 8.59. The monoisotopic (exact) mass is 203 g/mol. The molecule has 2 rings (SSSR count). The maximum Gasteiger partial charge on any atom is 0.135 e. The molecule has 0 bridgehead atoms. The molecule has 0 spiro atoms. The highest BCUT2D eigenvalue weighted by molar-refractivity contribution is 5.88. The standard InChI is InChI=1S/C11H13N3O/c1-3-10-13-9-6-7(15-2)4-5-8(9)11(12)14-10/h4-6H,3H2,1-2H3,(H2,12,13,14). The van der Waals surface area contributed by atoms with Gasteiger partial charge in [0.15, 0.2) is 0 Å². The van der Waals surface area contributed by atoms with Crippen molar-refractivity contribution < 1.29 is 4.74 Å². The minimum atomic E-state index is 0.527. The van der Waals surface area contributed by atoms with E-state index < -0.39 is 0 Å². The zero-order valence-corrected chi connectivity index (χ0v) is 8.82. The van der Waals surface area contributed by atoms with Crippen LogP contribution >= 0.6 is 0 Å². The fourth-order valence-electron chi connectivity index (χ4n) is 1.47. The summed E-state index contributed by atoms with van der Waals surface area (Å²) < 4.78 is 5.13. The van der Waals surface area contributed by atoms with Gasteiger partial charge >= 0.3 is 0 Å². The molecule has 0 fully saturated rings. The lowest BCUT2D eigenvalue weighted by molar-refractivity contribution is 0.415. The Morgan fingerprint density at radius 3 is 2.80 bits per heavy atom. The molecule has 0 aliphatic rings. The number of nitrogens with two attached hydrogens (primary N) is 1. The molecule has 4 nitrogen and oxygen atoms in total. The van der Waals surface area contributed by atoms with Crippen LogP contribution in [0.15, 0.2) is 18.2 Å². The van der Waals surface area contributed by atoms with Crippen molar-refractivity contribution in [2.24, 2.45) is 0 Å². The molecule has 2 aromatic rings. The summed E-state index contributed by atoms with van der Waals surface area (Å²) in [6, 6.07) is 5.60. The Kier molecular flexibility index (Phi) is 2.41. The molecule has 1 aromatic heterocycles. The Morgan fingerprint density at radius 1 is 1.33 bits per heavy atom. The fourth-order valence-corrected chi connectivity index (χ4v) is 1.47. The van der Waals surface area contributed by atoms with Gasteiger partial charge in [0, 0.05) is 17.9 Å². The van der Waals surface area contributed by atoms with Crippen molar-refractivity contribution >= 4 is 16.7 Å². The third kappa shape index (κ3) is 1.70. The molecule has 4 heteroatoms. The highest BCUT2D eigenvalue weighted by Crippen LogP contribution is 2.22. The Bertz CT molecular complexity index is 491. The van der Waals surface area contributed by atoms with E-state index in [1.165, 1.54) is 0 Å². The average molecular weight is 203 g/mol. The molecule has 0 unspecified atom stereocenters. The summed E-state index contributed by atoms with van der Waals surface area (Å²) in [5.74, 6) is 2.07. The van der Waals surface area contributed by atoms with Gasteiger partial charge in [-0.25, -0.2) is 9.97 Å². The van der Waals surface area contributed by atoms with Crippen molar-refractivity contribution in [1.29, 1.82) is 0 Å². The lowest BCUT2D eigenvalue weighted by atomic mass is 10.2. The van der Waals surface area contributed by atoms with Gasteiger partial charge in [-0.2, -0.15) is 0 Å². The summed E-state index contributed by atoms with van der Waals surface area (Å²) >= 11 is 0. The molecule has 1 aromatic carbocycles. The number of fused-ring (bicyclic) bond motifs is 1. The van der Waals surface area contributed by atoms with Crippen LogP contribution in [0.4, 0.5) is 5.82 Å². The number of aryl methyl sites for hydroxylation is 1. The normalized spacial score (nSPS) is 10.5. The highest BCUT2D eigenvalue weighted by atomic mass is 16.5. The van der Waals surface area contributed by atoms with E-state index in [0.29, 0.717) is 5.82 Å². The number of hydrogen-bond donors (Lipinski definition) is 1. The first-order chi connectivity index (χ1) is 7.24. The van der Waals surface area contributed by atoms with E-state index in [0.717, 1.165) is 28.9 Å². The zero-order valence-electron chi connectivity index (χ0n) is 8.82. The van der Waals surface area contributed by atoms with Crippen molar-refractivity contribution in [3.8, 4) is 5.75 Å². The Morgan fingerprint density at radius 2 is 2.13 bits per heavy atom. The first-order valence-electron chi connectivity index (χ1n) is 4.84. The largest absolute Gasteiger partial charge is 0.497 e. The van der Waals surface area contributed by atoms with Gasteiger partial charge in [0.05, 0.1) is 12.6 Å². The SMILES string of the molecule is CCc1nc(N)c2ccc(OC)cc2n1. The van der Waals surface area contributed by atoms with Gasteiger partial charge in [-0.15, -0.1) is 0 Å². The topological polar surface area (TPSA) is 61.0 Å². The predicted octanol–water partition coefficient (Wildman–Crippen LogP) is 1.78. The summed E-state index contributed by atoms with van der Waals surface area (Å²) in [5, 5.41) is 0.869. The minimum absolute atomic E-state index is 0.527. The fraction of sp³-hybridized carbons (Fsp3) is 0.273. The number of aromatic nitrogens is 2. The van der Waals surface area contributed by atoms with E-state index in [9.17, 15) is 0 Å². The number of nitrogen functional groups attached to an aromatic ring is 1. The molecular formula is C11H13N3O. The molecule has 0 radical (unpaired) electrons. The summed E-state index contributed by atoms with van der Waals surface area (Å²) in [6.45, 7) is 2.00. The zero-order chi connectivity index (χ0) is 10.8. The van der Waals surface area contributed by atoms with Gasteiger partial charge in [0.2, 0.25) is 0 Å². The van der Waals surface area contributed by atoms with Crippen LogP contribution in [0, 0.1) is 0 Å². The Hall–Kier alpha value is -1.84. The third-order valence-corrected chi connectivity index (χ3v) is 2.30. The van der Waals surface area contributed by atoms with Crippen molar-refractivity contribution in [3.63, 3.8) is 0 Å². The van der Waals surface area contributed by atoms with Gasteiger partial charge in [0.1, 0.15) is 17.4 Å². The van der Waals surface area contributed by atoms with Crippen molar-refractivity contribution in [1.82, 2.24) is 9.97 Å². The first-order valence-corrected chi connectivity index (χ1v) is 4.84. The van der Waals surface area contributed by atoms with Crippen LogP contribution in [0.1, 0.15) is 12.7 Å². The van der Waals surface area contributed by atoms with Gasteiger partial charge in [-0.3, -0.25) is 0 Å². The van der Waals surface area contributed by atoms with Crippen molar-refractivity contribution in [2.75, 3.05) is 12.8 Å². The molecular weight excluding hydrogens is 190 g/mol. The van der Waals surface area contributed by atoms with Crippen molar-refractivity contribution in [2.45, 2.75) is 13.3 Å². The third-order valence-electron chi connectivity index (χ3n) is 2.30. The molecule has 0 atom stereocenters. The second-order valence-electron chi connectivity index (χ2n) is 3.26. The van der Waals surface area contributed by atoms with Crippen LogP contribution in [0.25, 0.3) is 10.9 Å². The minimum Gasteiger partial charge on any atom is -0.497 e. The maximum absolute atomic E-state index is 5.83. The molecule has 2 N–H and O–H groups in total. The average Bonchev–Trinajstić information content (AvgIpc) is 2.28. The van der Waals surface area contributed by atoms with Crippen LogP contribution in [0.5, 0.6) is 5.75 Å². The number of rotatable bonds is 2. The number of benzene rings is 1.